The van der Waals surface area contributed by atoms with Gasteiger partial charge in [-0.05, 0) is 61.3 Å². The van der Waals surface area contributed by atoms with E-state index in [2.05, 4.69) is 18.6 Å². The number of anilines is 1. The van der Waals surface area contributed by atoms with E-state index >= 15 is 0 Å². The molecule has 2 aliphatic rings. The molecule has 2 aliphatic carbocycles. The Morgan fingerprint density at radius 3 is 2.43 bits per heavy atom. The number of fused-ring (bicyclic) bond motifs is 2. The summed E-state index contributed by atoms with van der Waals surface area (Å²) in [5.41, 5.74) is 1.78. The van der Waals surface area contributed by atoms with Gasteiger partial charge in [0.15, 0.2) is 0 Å². The number of carbonyl (C=O) groups excluding carboxylic acids is 1. The zero-order valence-corrected chi connectivity index (χ0v) is 15.1. The van der Waals surface area contributed by atoms with Crippen LogP contribution in [0, 0.1) is 30.6 Å². The number of rotatable bonds is 4. The van der Waals surface area contributed by atoms with Crippen LogP contribution in [0.15, 0.2) is 18.2 Å². The minimum Gasteiger partial charge on any atom is -0.299 e. The number of hydrogen-bond donors (Lipinski definition) is 1. The van der Waals surface area contributed by atoms with Crippen LogP contribution in [0.2, 0.25) is 0 Å². The largest absolute Gasteiger partial charge is 0.299 e. The Kier molecular flexibility index (Phi) is 3.63. The van der Waals surface area contributed by atoms with Crippen LogP contribution in [0.4, 0.5) is 5.69 Å². The lowest BCUT2D eigenvalue weighted by atomic mass is 9.70. The Bertz CT molecular complexity index is 766. The highest BCUT2D eigenvalue weighted by Gasteiger charge is 2.65. The number of Topliss-reactive ketones (excluding diaryl/α,β-unsaturated/α-hetero) is 1. The Morgan fingerprint density at radius 1 is 1.22 bits per heavy atom. The maximum Gasteiger partial charge on any atom is 0.233 e. The summed E-state index contributed by atoms with van der Waals surface area (Å²) in [5, 5.41) is 0. The third-order valence-electron chi connectivity index (χ3n) is 6.36. The molecule has 1 aromatic carbocycles. The summed E-state index contributed by atoms with van der Waals surface area (Å²) < 4.78 is 28.1. The van der Waals surface area contributed by atoms with Crippen LogP contribution in [-0.4, -0.2) is 20.0 Å². The molecule has 0 aromatic heterocycles. The predicted molar refractivity (Wildman–Crippen MR) is 91.9 cm³/mol. The minimum atomic E-state index is -3.57. The standard InChI is InChI=1S/C18H25NO3S/c1-12-5-6-15(9-13(12)2)19-23(21,22)11-18-8-7-14(10-16(18)20)17(18,3)4/h5-6,9,14,19H,7-8,10-11H2,1-4H3/t14-,18-/m0/s1. The van der Waals surface area contributed by atoms with E-state index in [0.29, 0.717) is 24.4 Å². The van der Waals surface area contributed by atoms with Gasteiger partial charge in [0.1, 0.15) is 5.78 Å². The lowest BCUT2D eigenvalue weighted by Gasteiger charge is -2.36. The van der Waals surface area contributed by atoms with Crippen molar-refractivity contribution in [3.05, 3.63) is 29.3 Å². The molecule has 0 spiro atoms. The van der Waals surface area contributed by atoms with E-state index in [1.54, 1.807) is 6.07 Å². The van der Waals surface area contributed by atoms with Crippen molar-refractivity contribution in [1.82, 2.24) is 0 Å². The van der Waals surface area contributed by atoms with Crippen LogP contribution in [0.5, 0.6) is 0 Å². The average Bonchev–Trinajstić information content (AvgIpc) is 2.76. The first-order valence-electron chi connectivity index (χ1n) is 8.18. The first-order valence-corrected chi connectivity index (χ1v) is 9.84. The summed E-state index contributed by atoms with van der Waals surface area (Å²) in [5.74, 6) is 0.353. The molecule has 0 amide bonds. The first-order chi connectivity index (χ1) is 10.6. The molecule has 0 saturated heterocycles. The second-order valence-electron chi connectivity index (χ2n) is 7.83. The van der Waals surface area contributed by atoms with Gasteiger partial charge < -0.3 is 0 Å². The molecule has 3 rings (SSSR count). The molecule has 126 valence electrons. The van der Waals surface area contributed by atoms with Gasteiger partial charge in [0.25, 0.3) is 0 Å². The molecule has 1 aromatic rings. The molecular formula is C18H25NO3S. The van der Waals surface area contributed by atoms with Crippen molar-refractivity contribution in [2.45, 2.75) is 47.0 Å². The quantitative estimate of drug-likeness (QED) is 0.917. The molecule has 2 atom stereocenters. The second-order valence-corrected chi connectivity index (χ2v) is 9.55. The van der Waals surface area contributed by atoms with Crippen molar-refractivity contribution >= 4 is 21.5 Å². The number of sulfonamides is 1. The number of nitrogens with one attached hydrogen (secondary N) is 1. The smallest absolute Gasteiger partial charge is 0.233 e. The third-order valence-corrected chi connectivity index (χ3v) is 7.78. The van der Waals surface area contributed by atoms with E-state index in [9.17, 15) is 13.2 Å². The first kappa shape index (κ1) is 16.5. The topological polar surface area (TPSA) is 63.2 Å². The van der Waals surface area contributed by atoms with E-state index in [4.69, 9.17) is 0 Å². The minimum absolute atomic E-state index is 0.102. The van der Waals surface area contributed by atoms with Crippen LogP contribution in [0.1, 0.15) is 44.2 Å². The maximum absolute atomic E-state index is 12.7. The van der Waals surface area contributed by atoms with E-state index in [0.717, 1.165) is 17.5 Å². The summed E-state index contributed by atoms with van der Waals surface area (Å²) in [6.45, 7) is 8.06. The fraction of sp³-hybridized carbons (Fsp3) is 0.611. The normalized spacial score (nSPS) is 29.0. The summed E-state index contributed by atoms with van der Waals surface area (Å²) >= 11 is 0. The molecular weight excluding hydrogens is 310 g/mol. The molecule has 2 bridgehead atoms. The lowest BCUT2D eigenvalue weighted by molar-refractivity contribution is -0.128. The number of aryl methyl sites for hydroxylation is 2. The van der Waals surface area contributed by atoms with Crippen LogP contribution in [0.3, 0.4) is 0 Å². The molecule has 5 heteroatoms. The molecule has 2 fully saturated rings. The van der Waals surface area contributed by atoms with Gasteiger partial charge in [0.05, 0.1) is 11.2 Å². The van der Waals surface area contributed by atoms with Crippen molar-refractivity contribution in [2.75, 3.05) is 10.5 Å². The van der Waals surface area contributed by atoms with E-state index in [1.165, 1.54) is 0 Å². The molecule has 4 nitrogen and oxygen atoms in total. The Hall–Kier alpha value is -1.36. The van der Waals surface area contributed by atoms with Gasteiger partial charge in [-0.3, -0.25) is 9.52 Å². The van der Waals surface area contributed by atoms with Gasteiger partial charge in [-0.2, -0.15) is 0 Å². The highest BCUT2D eigenvalue weighted by molar-refractivity contribution is 7.92. The molecule has 0 heterocycles. The van der Waals surface area contributed by atoms with Gasteiger partial charge in [-0.1, -0.05) is 19.9 Å². The van der Waals surface area contributed by atoms with Crippen molar-refractivity contribution in [1.29, 1.82) is 0 Å². The predicted octanol–water partition coefficient (Wildman–Crippen LogP) is 3.44. The monoisotopic (exact) mass is 335 g/mol. The van der Waals surface area contributed by atoms with E-state index in [1.807, 2.05) is 26.0 Å². The third kappa shape index (κ3) is 2.49. The summed E-state index contributed by atoms with van der Waals surface area (Å²) in [6, 6.07) is 5.52. The second kappa shape index (κ2) is 5.07. The number of carbonyl (C=O) groups is 1. The van der Waals surface area contributed by atoms with Crippen LogP contribution in [0.25, 0.3) is 0 Å². The van der Waals surface area contributed by atoms with E-state index < -0.39 is 15.4 Å². The summed E-state index contributed by atoms with van der Waals surface area (Å²) in [7, 11) is -3.57. The number of benzene rings is 1. The van der Waals surface area contributed by atoms with E-state index in [-0.39, 0.29) is 17.0 Å². The Balaban J connectivity index is 1.86. The highest BCUT2D eigenvalue weighted by Crippen LogP contribution is 2.64. The molecule has 0 unspecified atom stereocenters. The summed E-state index contributed by atoms with van der Waals surface area (Å²) in [4.78, 5) is 12.5. The molecule has 0 radical (unpaired) electrons. The average molecular weight is 335 g/mol. The van der Waals surface area contributed by atoms with Crippen molar-refractivity contribution < 1.29 is 13.2 Å². The van der Waals surface area contributed by atoms with Crippen molar-refractivity contribution in [3.63, 3.8) is 0 Å². The molecule has 2 saturated carbocycles. The van der Waals surface area contributed by atoms with Crippen LogP contribution >= 0.6 is 0 Å². The SMILES string of the molecule is Cc1ccc(NS(=O)(=O)C[C@@]23CC[C@@H](CC2=O)C3(C)C)cc1C. The number of hydrogen-bond acceptors (Lipinski definition) is 3. The maximum atomic E-state index is 12.7. The highest BCUT2D eigenvalue weighted by atomic mass is 32.2. The molecule has 0 aliphatic heterocycles. The van der Waals surface area contributed by atoms with Crippen molar-refractivity contribution in [2.24, 2.45) is 16.7 Å². The van der Waals surface area contributed by atoms with Crippen molar-refractivity contribution in [3.8, 4) is 0 Å². The van der Waals surface area contributed by atoms with Gasteiger partial charge in [0.2, 0.25) is 10.0 Å². The summed E-state index contributed by atoms with van der Waals surface area (Å²) in [6.07, 6.45) is 2.18. The van der Waals surface area contributed by atoms with Crippen LogP contribution < -0.4 is 4.72 Å². The zero-order valence-electron chi connectivity index (χ0n) is 14.3. The van der Waals surface area contributed by atoms with Gasteiger partial charge in [0, 0.05) is 12.1 Å². The van der Waals surface area contributed by atoms with Gasteiger partial charge in [-0.25, -0.2) is 8.42 Å². The fourth-order valence-electron chi connectivity index (χ4n) is 4.45. The molecule has 1 N–H and O–H groups in total. The fourth-order valence-corrected chi connectivity index (χ4v) is 6.34. The van der Waals surface area contributed by atoms with Gasteiger partial charge in [-0.15, -0.1) is 0 Å². The number of ketones is 1. The lowest BCUT2D eigenvalue weighted by Crippen LogP contribution is -2.43. The van der Waals surface area contributed by atoms with Crippen LogP contribution in [-0.2, 0) is 14.8 Å². The Morgan fingerprint density at radius 2 is 1.91 bits per heavy atom. The Labute approximate surface area is 138 Å². The van der Waals surface area contributed by atoms with Gasteiger partial charge >= 0.3 is 0 Å². The molecule has 23 heavy (non-hydrogen) atoms. The zero-order chi connectivity index (χ0) is 17.0.